The van der Waals surface area contributed by atoms with Crippen LogP contribution < -0.4 is 10.9 Å². The Kier molecular flexibility index (Phi) is 6.74. The molecular weight excluding hydrogens is 511 g/mol. The number of pyridine rings is 2. The van der Waals surface area contributed by atoms with Gasteiger partial charge in [0, 0.05) is 43.1 Å². The second-order valence-corrected chi connectivity index (χ2v) is 10.2. The molecule has 0 spiro atoms. The van der Waals surface area contributed by atoms with Gasteiger partial charge in [0.15, 0.2) is 9.84 Å². The first-order chi connectivity index (χ1) is 17.3. The van der Waals surface area contributed by atoms with Crippen LogP contribution in [0.15, 0.2) is 76.8 Å². The zero-order valence-corrected chi connectivity index (χ0v) is 20.3. The zero-order valence-electron chi connectivity index (χ0n) is 19.5. The first-order valence-electron chi connectivity index (χ1n) is 10.7. The lowest BCUT2D eigenvalue weighted by Crippen LogP contribution is -2.32. The van der Waals surface area contributed by atoms with E-state index in [0.29, 0.717) is 17.0 Å². The van der Waals surface area contributed by atoms with Gasteiger partial charge in [-0.15, -0.1) is 0 Å². The molecular formula is C24H20F3N5O4S. The van der Waals surface area contributed by atoms with Crippen LogP contribution in [-0.2, 0) is 29.6 Å². The zero-order chi connectivity index (χ0) is 27.0. The third-order valence-corrected chi connectivity index (χ3v) is 6.58. The van der Waals surface area contributed by atoms with E-state index in [9.17, 15) is 31.2 Å². The summed E-state index contributed by atoms with van der Waals surface area (Å²) in [6.45, 7) is -0.123. The first-order valence-corrected chi connectivity index (χ1v) is 12.6. The SMILES string of the molecule is Cn1nccc1-c1cc(C(=O)NCc2ccc(S(C)(=O)=O)cn2)c(=O)n(-c2cccc(C(F)(F)F)c2)c1. The maximum atomic E-state index is 13.3. The Balaban J connectivity index is 1.73. The number of nitrogens with zero attached hydrogens (tertiary/aromatic N) is 4. The van der Waals surface area contributed by atoms with Gasteiger partial charge in [0.1, 0.15) is 5.56 Å². The molecule has 3 heterocycles. The molecule has 0 radical (unpaired) electrons. The summed E-state index contributed by atoms with van der Waals surface area (Å²) < 4.78 is 65.5. The average molecular weight is 532 g/mol. The third kappa shape index (κ3) is 5.61. The topological polar surface area (TPSA) is 116 Å². The normalized spacial score (nSPS) is 11.9. The quantitative estimate of drug-likeness (QED) is 0.409. The molecule has 9 nitrogen and oxygen atoms in total. The number of sulfone groups is 1. The Hall–Kier alpha value is -4.26. The van der Waals surface area contributed by atoms with Crippen molar-refractivity contribution in [3.63, 3.8) is 0 Å². The summed E-state index contributed by atoms with van der Waals surface area (Å²) in [6, 6.07) is 9.94. The maximum absolute atomic E-state index is 13.3. The molecule has 4 aromatic rings. The number of alkyl halides is 3. The fourth-order valence-corrected chi connectivity index (χ4v) is 4.13. The van der Waals surface area contributed by atoms with Crippen molar-refractivity contribution >= 4 is 15.7 Å². The van der Waals surface area contributed by atoms with Crippen molar-refractivity contribution in [3.05, 3.63) is 94.3 Å². The Morgan fingerprint density at radius 2 is 1.86 bits per heavy atom. The summed E-state index contributed by atoms with van der Waals surface area (Å²) in [6.07, 6.45) is 0.410. The van der Waals surface area contributed by atoms with Crippen molar-refractivity contribution in [3.8, 4) is 16.9 Å². The molecule has 0 bridgehead atoms. The molecule has 0 aliphatic carbocycles. The highest BCUT2D eigenvalue weighted by Gasteiger charge is 2.30. The smallest absolute Gasteiger partial charge is 0.346 e. The second kappa shape index (κ2) is 9.65. The van der Waals surface area contributed by atoms with Gasteiger partial charge in [-0.25, -0.2) is 8.42 Å². The van der Waals surface area contributed by atoms with E-state index in [1.807, 2.05) is 0 Å². The lowest BCUT2D eigenvalue weighted by atomic mass is 10.1. The average Bonchev–Trinajstić information content (AvgIpc) is 3.27. The standard InChI is InChI=1S/C24H20F3N5O4S/c1-31-21(8-9-30-31)15-10-20(22(33)29-12-17-6-7-19(13-28-17)37(2,35)36)23(34)32(14-15)18-5-3-4-16(11-18)24(25,26)27/h3-11,13-14H,12H2,1-2H3,(H,29,33). The molecule has 1 aromatic carbocycles. The van der Waals surface area contributed by atoms with Crippen LogP contribution in [0.2, 0.25) is 0 Å². The van der Waals surface area contributed by atoms with E-state index in [4.69, 9.17) is 0 Å². The number of rotatable bonds is 6. The molecule has 0 saturated heterocycles. The minimum atomic E-state index is -4.63. The minimum Gasteiger partial charge on any atom is -0.346 e. The molecule has 0 atom stereocenters. The maximum Gasteiger partial charge on any atom is 0.416 e. The fourth-order valence-electron chi connectivity index (χ4n) is 3.57. The van der Waals surface area contributed by atoms with Crippen LogP contribution in [0.25, 0.3) is 16.9 Å². The summed E-state index contributed by atoms with van der Waals surface area (Å²) in [7, 11) is -1.80. The van der Waals surface area contributed by atoms with Gasteiger partial charge >= 0.3 is 6.18 Å². The van der Waals surface area contributed by atoms with Crippen LogP contribution >= 0.6 is 0 Å². The van der Waals surface area contributed by atoms with Crippen molar-refractivity contribution in [2.45, 2.75) is 17.6 Å². The summed E-state index contributed by atoms with van der Waals surface area (Å²) in [5, 5.41) is 6.62. The highest BCUT2D eigenvalue weighted by atomic mass is 32.2. The third-order valence-electron chi connectivity index (χ3n) is 5.49. The van der Waals surface area contributed by atoms with Crippen molar-refractivity contribution in [2.75, 3.05) is 6.26 Å². The van der Waals surface area contributed by atoms with E-state index >= 15 is 0 Å². The van der Waals surface area contributed by atoms with Gasteiger partial charge in [-0.05, 0) is 42.5 Å². The Labute approximate surface area is 209 Å². The highest BCUT2D eigenvalue weighted by Crippen LogP contribution is 2.30. The van der Waals surface area contributed by atoms with Crippen molar-refractivity contribution in [2.24, 2.45) is 7.05 Å². The van der Waals surface area contributed by atoms with Crippen LogP contribution in [0.5, 0.6) is 0 Å². The molecule has 37 heavy (non-hydrogen) atoms. The summed E-state index contributed by atoms with van der Waals surface area (Å²) in [5.41, 5.74) is -0.937. The second-order valence-electron chi connectivity index (χ2n) is 8.15. The highest BCUT2D eigenvalue weighted by molar-refractivity contribution is 7.90. The number of benzene rings is 1. The number of halogens is 3. The number of carbonyl (C=O) groups excluding carboxylic acids is 1. The molecule has 3 aromatic heterocycles. The van der Waals surface area contributed by atoms with Crippen LogP contribution in [0.1, 0.15) is 21.6 Å². The molecule has 192 valence electrons. The summed E-state index contributed by atoms with van der Waals surface area (Å²) >= 11 is 0. The van der Waals surface area contributed by atoms with E-state index in [1.165, 1.54) is 47.4 Å². The van der Waals surface area contributed by atoms with Crippen LogP contribution in [0, 0.1) is 0 Å². The van der Waals surface area contributed by atoms with E-state index in [1.54, 1.807) is 13.1 Å². The van der Waals surface area contributed by atoms with Crippen molar-refractivity contribution < 1.29 is 26.4 Å². The lowest BCUT2D eigenvalue weighted by molar-refractivity contribution is -0.137. The van der Waals surface area contributed by atoms with E-state index < -0.39 is 33.0 Å². The van der Waals surface area contributed by atoms with Crippen molar-refractivity contribution in [1.82, 2.24) is 24.6 Å². The number of amides is 1. The molecule has 1 amide bonds. The predicted molar refractivity (Wildman–Crippen MR) is 128 cm³/mol. The van der Waals surface area contributed by atoms with Gasteiger partial charge in [-0.3, -0.25) is 23.8 Å². The summed E-state index contributed by atoms with van der Waals surface area (Å²) in [4.78, 5) is 30.3. The van der Waals surface area contributed by atoms with E-state index in [0.717, 1.165) is 29.2 Å². The van der Waals surface area contributed by atoms with Crippen LogP contribution in [-0.4, -0.2) is 39.9 Å². The number of aryl methyl sites for hydroxylation is 1. The molecule has 13 heteroatoms. The Bertz CT molecular complexity index is 1640. The molecule has 0 fully saturated rings. The van der Waals surface area contributed by atoms with Gasteiger partial charge in [0.2, 0.25) is 0 Å². The number of hydrogen-bond acceptors (Lipinski definition) is 6. The van der Waals surface area contributed by atoms with E-state index in [2.05, 4.69) is 15.4 Å². The number of aromatic nitrogens is 4. The van der Waals surface area contributed by atoms with Crippen molar-refractivity contribution in [1.29, 1.82) is 0 Å². The van der Waals surface area contributed by atoms with E-state index in [-0.39, 0.29) is 22.7 Å². The number of nitrogens with one attached hydrogen (secondary N) is 1. The van der Waals surface area contributed by atoms with Gasteiger partial charge in [0.05, 0.1) is 28.4 Å². The molecule has 1 N–H and O–H groups in total. The van der Waals surface area contributed by atoms with Crippen LogP contribution in [0.3, 0.4) is 0 Å². The number of hydrogen-bond donors (Lipinski definition) is 1. The fraction of sp³-hybridized carbons (Fsp3) is 0.167. The Morgan fingerprint density at radius 3 is 2.46 bits per heavy atom. The molecule has 0 saturated carbocycles. The predicted octanol–water partition coefficient (Wildman–Crippen LogP) is 2.99. The van der Waals surface area contributed by atoms with Gasteiger partial charge < -0.3 is 5.32 Å². The minimum absolute atomic E-state index is 0.00966. The van der Waals surface area contributed by atoms with Gasteiger partial charge in [0.25, 0.3) is 11.5 Å². The lowest BCUT2D eigenvalue weighted by Gasteiger charge is -2.14. The molecule has 0 aliphatic heterocycles. The first kappa shape index (κ1) is 25.8. The summed E-state index contributed by atoms with van der Waals surface area (Å²) in [5.74, 6) is -0.788. The monoisotopic (exact) mass is 531 g/mol. The Morgan fingerprint density at radius 1 is 1.11 bits per heavy atom. The molecule has 0 unspecified atom stereocenters. The largest absolute Gasteiger partial charge is 0.416 e. The molecule has 0 aliphatic rings. The number of carbonyl (C=O) groups is 1. The molecule has 4 rings (SSSR count). The van der Waals surface area contributed by atoms with Gasteiger partial charge in [-0.2, -0.15) is 18.3 Å². The van der Waals surface area contributed by atoms with Crippen LogP contribution in [0.4, 0.5) is 13.2 Å². The van der Waals surface area contributed by atoms with Gasteiger partial charge in [-0.1, -0.05) is 6.07 Å².